The highest BCUT2D eigenvalue weighted by atomic mass is 16.2. The smallest absolute Gasteiger partial charge is 0.226 e. The van der Waals surface area contributed by atoms with Crippen molar-refractivity contribution in [2.75, 3.05) is 17.2 Å². The van der Waals surface area contributed by atoms with E-state index in [9.17, 15) is 4.79 Å². The minimum atomic E-state index is 0.220. The maximum atomic E-state index is 12.4. The predicted octanol–water partition coefficient (Wildman–Crippen LogP) is 4.76. The summed E-state index contributed by atoms with van der Waals surface area (Å²) in [6.07, 6.45) is 8.84. The third-order valence-corrected chi connectivity index (χ3v) is 3.67. The van der Waals surface area contributed by atoms with Gasteiger partial charge >= 0.3 is 0 Å². The number of benzene rings is 1. The Morgan fingerprint density at radius 1 is 1.05 bits per heavy atom. The molecule has 1 rings (SSSR count). The SMILES string of the molecule is CCCCCCCCC(=O)N(CCC)c1cccc(N)c1. The summed E-state index contributed by atoms with van der Waals surface area (Å²) in [5.74, 6) is 0.220. The minimum absolute atomic E-state index is 0.220. The van der Waals surface area contributed by atoms with E-state index < -0.39 is 0 Å². The van der Waals surface area contributed by atoms with Crippen LogP contribution < -0.4 is 10.6 Å². The van der Waals surface area contributed by atoms with Gasteiger partial charge in [0.25, 0.3) is 0 Å². The molecular weight excluding hydrogens is 260 g/mol. The van der Waals surface area contributed by atoms with E-state index in [-0.39, 0.29) is 5.91 Å². The molecule has 0 aliphatic heterocycles. The molecule has 0 spiro atoms. The maximum absolute atomic E-state index is 12.4. The molecule has 2 N–H and O–H groups in total. The van der Waals surface area contributed by atoms with E-state index in [4.69, 9.17) is 5.73 Å². The van der Waals surface area contributed by atoms with Crippen molar-refractivity contribution in [3.63, 3.8) is 0 Å². The van der Waals surface area contributed by atoms with Crippen molar-refractivity contribution in [3.8, 4) is 0 Å². The lowest BCUT2D eigenvalue weighted by Gasteiger charge is -2.22. The molecule has 0 saturated heterocycles. The summed E-state index contributed by atoms with van der Waals surface area (Å²) >= 11 is 0. The fourth-order valence-corrected chi connectivity index (χ4v) is 2.51. The number of hydrogen-bond donors (Lipinski definition) is 1. The van der Waals surface area contributed by atoms with Gasteiger partial charge < -0.3 is 10.6 Å². The molecule has 0 aliphatic rings. The van der Waals surface area contributed by atoms with Crippen molar-refractivity contribution in [1.29, 1.82) is 0 Å². The number of nitrogens with zero attached hydrogens (tertiary/aromatic N) is 1. The van der Waals surface area contributed by atoms with Gasteiger partial charge in [0.15, 0.2) is 0 Å². The fourth-order valence-electron chi connectivity index (χ4n) is 2.51. The zero-order valence-corrected chi connectivity index (χ0v) is 13.6. The minimum Gasteiger partial charge on any atom is -0.399 e. The summed E-state index contributed by atoms with van der Waals surface area (Å²) in [5, 5.41) is 0. The van der Waals surface area contributed by atoms with Crippen molar-refractivity contribution in [2.45, 2.75) is 65.2 Å². The van der Waals surface area contributed by atoms with Crippen LogP contribution in [0.25, 0.3) is 0 Å². The van der Waals surface area contributed by atoms with Gasteiger partial charge in [0.2, 0.25) is 5.91 Å². The molecule has 0 aromatic heterocycles. The van der Waals surface area contributed by atoms with Crippen LogP contribution in [-0.2, 0) is 4.79 Å². The molecule has 0 saturated carbocycles. The van der Waals surface area contributed by atoms with Crippen LogP contribution in [0.5, 0.6) is 0 Å². The van der Waals surface area contributed by atoms with Crippen LogP contribution in [0.4, 0.5) is 11.4 Å². The first-order valence-corrected chi connectivity index (χ1v) is 8.35. The standard InChI is InChI=1S/C18H30N2O/c1-3-5-6-7-8-9-13-18(21)20(14-4-2)17-12-10-11-16(19)15-17/h10-12,15H,3-9,13-14,19H2,1-2H3. The zero-order valence-electron chi connectivity index (χ0n) is 13.6. The molecule has 21 heavy (non-hydrogen) atoms. The fraction of sp³-hybridized carbons (Fsp3) is 0.611. The average molecular weight is 290 g/mol. The topological polar surface area (TPSA) is 46.3 Å². The summed E-state index contributed by atoms with van der Waals surface area (Å²) in [4.78, 5) is 14.3. The Balaban J connectivity index is 2.46. The van der Waals surface area contributed by atoms with Crippen molar-refractivity contribution < 1.29 is 4.79 Å². The zero-order chi connectivity index (χ0) is 15.5. The van der Waals surface area contributed by atoms with Gasteiger partial charge in [-0.1, -0.05) is 52.0 Å². The molecule has 0 aliphatic carbocycles. The van der Waals surface area contributed by atoms with Crippen molar-refractivity contribution >= 4 is 17.3 Å². The number of anilines is 2. The van der Waals surface area contributed by atoms with Gasteiger partial charge in [-0.2, -0.15) is 0 Å². The molecule has 0 fully saturated rings. The lowest BCUT2D eigenvalue weighted by molar-refractivity contribution is -0.118. The molecule has 118 valence electrons. The number of amides is 1. The summed E-state index contributed by atoms with van der Waals surface area (Å²) in [7, 11) is 0. The number of nitrogen functional groups attached to an aromatic ring is 1. The predicted molar refractivity (Wildman–Crippen MR) is 91.5 cm³/mol. The van der Waals surface area contributed by atoms with Gasteiger partial charge in [0, 0.05) is 24.3 Å². The molecule has 0 bridgehead atoms. The molecule has 1 amide bonds. The quantitative estimate of drug-likeness (QED) is 0.498. The van der Waals surface area contributed by atoms with Crippen LogP contribution in [0.1, 0.15) is 65.2 Å². The first-order chi connectivity index (χ1) is 10.2. The highest BCUT2D eigenvalue weighted by Gasteiger charge is 2.14. The third kappa shape index (κ3) is 6.65. The van der Waals surface area contributed by atoms with Crippen molar-refractivity contribution in [1.82, 2.24) is 0 Å². The second-order valence-electron chi connectivity index (χ2n) is 5.66. The van der Waals surface area contributed by atoms with Gasteiger partial charge in [-0.05, 0) is 31.0 Å². The Labute approximate surface area is 129 Å². The second kappa shape index (κ2) is 10.3. The summed E-state index contributed by atoms with van der Waals surface area (Å²) in [6.45, 7) is 5.08. The Morgan fingerprint density at radius 2 is 1.76 bits per heavy atom. The first kappa shape index (κ1) is 17.5. The Hall–Kier alpha value is -1.51. The first-order valence-electron chi connectivity index (χ1n) is 8.35. The van der Waals surface area contributed by atoms with Crippen LogP contribution in [-0.4, -0.2) is 12.5 Å². The molecule has 0 radical (unpaired) electrons. The highest BCUT2D eigenvalue weighted by Crippen LogP contribution is 2.19. The van der Waals surface area contributed by atoms with Crippen LogP contribution in [0.3, 0.4) is 0 Å². The van der Waals surface area contributed by atoms with Crippen LogP contribution in [0, 0.1) is 0 Å². The van der Waals surface area contributed by atoms with Crippen LogP contribution in [0.2, 0.25) is 0 Å². The molecule has 0 unspecified atom stereocenters. The highest BCUT2D eigenvalue weighted by molar-refractivity contribution is 5.93. The van der Waals surface area contributed by atoms with E-state index >= 15 is 0 Å². The lowest BCUT2D eigenvalue weighted by Crippen LogP contribution is -2.31. The van der Waals surface area contributed by atoms with Gasteiger partial charge in [0.1, 0.15) is 0 Å². The monoisotopic (exact) mass is 290 g/mol. The van der Waals surface area contributed by atoms with E-state index in [1.54, 1.807) is 0 Å². The molecule has 1 aromatic carbocycles. The van der Waals surface area contributed by atoms with Gasteiger partial charge in [0.05, 0.1) is 0 Å². The van der Waals surface area contributed by atoms with Gasteiger partial charge in [-0.15, -0.1) is 0 Å². The average Bonchev–Trinajstić information content (AvgIpc) is 2.48. The van der Waals surface area contributed by atoms with Gasteiger partial charge in [-0.3, -0.25) is 4.79 Å². The van der Waals surface area contributed by atoms with Crippen molar-refractivity contribution in [3.05, 3.63) is 24.3 Å². The van der Waals surface area contributed by atoms with E-state index in [1.807, 2.05) is 29.2 Å². The molecule has 0 atom stereocenters. The Bertz CT molecular complexity index is 417. The lowest BCUT2D eigenvalue weighted by atomic mass is 10.1. The van der Waals surface area contributed by atoms with E-state index in [2.05, 4.69) is 13.8 Å². The number of carbonyl (C=O) groups is 1. The third-order valence-electron chi connectivity index (χ3n) is 3.67. The Morgan fingerprint density at radius 3 is 2.43 bits per heavy atom. The summed E-state index contributed by atoms with van der Waals surface area (Å²) in [5.41, 5.74) is 7.46. The largest absolute Gasteiger partial charge is 0.399 e. The van der Waals surface area contributed by atoms with Gasteiger partial charge in [-0.25, -0.2) is 0 Å². The summed E-state index contributed by atoms with van der Waals surface area (Å²) < 4.78 is 0. The molecule has 0 heterocycles. The molecular formula is C18H30N2O. The van der Waals surface area contributed by atoms with Crippen LogP contribution >= 0.6 is 0 Å². The number of carbonyl (C=O) groups excluding carboxylic acids is 1. The second-order valence-corrected chi connectivity index (χ2v) is 5.66. The molecule has 3 nitrogen and oxygen atoms in total. The number of rotatable bonds is 10. The van der Waals surface area contributed by atoms with E-state index in [1.165, 1.54) is 25.7 Å². The molecule has 3 heteroatoms. The van der Waals surface area contributed by atoms with E-state index in [0.717, 1.165) is 31.5 Å². The normalized spacial score (nSPS) is 10.6. The Kier molecular flexibility index (Phi) is 8.56. The number of hydrogen-bond acceptors (Lipinski definition) is 2. The van der Waals surface area contributed by atoms with E-state index in [0.29, 0.717) is 12.1 Å². The summed E-state index contributed by atoms with van der Waals surface area (Å²) in [6, 6.07) is 7.61. The van der Waals surface area contributed by atoms with Crippen molar-refractivity contribution in [2.24, 2.45) is 0 Å². The number of nitrogens with two attached hydrogens (primary N) is 1. The number of unbranched alkanes of at least 4 members (excludes halogenated alkanes) is 5. The maximum Gasteiger partial charge on any atom is 0.226 e. The van der Waals surface area contributed by atoms with Crippen LogP contribution in [0.15, 0.2) is 24.3 Å². The molecule has 1 aromatic rings.